The fourth-order valence-corrected chi connectivity index (χ4v) is 5.30. The number of nitrogens with one attached hydrogen (secondary N) is 4. The summed E-state index contributed by atoms with van der Waals surface area (Å²) in [5.41, 5.74) is 1.89. The molecular weight excluding hydrogens is 563 g/mol. The molecule has 204 valence electrons. The predicted octanol–water partition coefficient (Wildman–Crippen LogP) is 4.95. The Morgan fingerprint density at radius 2 is 1.77 bits per heavy atom. The van der Waals surface area contributed by atoms with Crippen LogP contribution in [0, 0.1) is 0 Å². The molecule has 1 fully saturated rings. The van der Waals surface area contributed by atoms with Gasteiger partial charge in [-0.15, -0.1) is 12.4 Å². The molecule has 0 unspecified atom stereocenters. The summed E-state index contributed by atoms with van der Waals surface area (Å²) >= 11 is 6.36. The van der Waals surface area contributed by atoms with Crippen molar-refractivity contribution in [1.82, 2.24) is 15.3 Å². The van der Waals surface area contributed by atoms with E-state index in [-0.39, 0.29) is 40.9 Å². The average Bonchev–Trinajstić information content (AvgIpc) is 3.46. The van der Waals surface area contributed by atoms with Crippen LogP contribution in [0.15, 0.2) is 71.6 Å². The minimum atomic E-state index is -4.11. The quantitative estimate of drug-likeness (QED) is 0.227. The molecule has 4 N–H and O–H groups in total. The lowest BCUT2D eigenvalue weighted by atomic mass is 10.2. The van der Waals surface area contributed by atoms with Crippen LogP contribution in [-0.2, 0) is 14.8 Å². The molecule has 0 radical (unpaired) electrons. The molecule has 0 aliphatic carbocycles. The number of hydrogen-bond donors (Lipinski definition) is 4. The van der Waals surface area contributed by atoms with Gasteiger partial charge in [0.15, 0.2) is 11.6 Å². The molecule has 0 bridgehead atoms. The van der Waals surface area contributed by atoms with Gasteiger partial charge in [0, 0.05) is 11.8 Å². The lowest BCUT2D eigenvalue weighted by Crippen LogP contribution is -2.35. The Hall–Kier alpha value is -3.64. The highest BCUT2D eigenvalue weighted by Gasteiger charge is 2.23. The Morgan fingerprint density at radius 1 is 1.03 bits per heavy atom. The number of sulfonamides is 1. The van der Waals surface area contributed by atoms with Crippen molar-refractivity contribution < 1.29 is 17.9 Å². The third-order valence-corrected chi connectivity index (χ3v) is 7.68. The fraction of sp³-hybridized carbons (Fsp3) is 0.192. The van der Waals surface area contributed by atoms with Crippen LogP contribution >= 0.6 is 24.0 Å². The van der Waals surface area contributed by atoms with Crippen LogP contribution in [-0.4, -0.2) is 44.0 Å². The van der Waals surface area contributed by atoms with Crippen LogP contribution in [0.1, 0.15) is 12.8 Å². The van der Waals surface area contributed by atoms with Crippen LogP contribution in [0.2, 0.25) is 5.02 Å². The molecule has 1 aliphatic heterocycles. The van der Waals surface area contributed by atoms with Gasteiger partial charge in [0.25, 0.3) is 10.0 Å². The lowest BCUT2D eigenvalue weighted by molar-refractivity contribution is -0.117. The van der Waals surface area contributed by atoms with E-state index in [4.69, 9.17) is 16.3 Å². The first kappa shape index (κ1) is 28.4. The van der Waals surface area contributed by atoms with Gasteiger partial charge in [0.05, 0.1) is 39.8 Å². The molecular formula is C26H26Cl2N6O4S. The first-order valence-electron chi connectivity index (χ1n) is 11.9. The zero-order valence-corrected chi connectivity index (χ0v) is 23.2. The van der Waals surface area contributed by atoms with Crippen LogP contribution in [0.4, 0.5) is 23.0 Å². The third-order valence-electron chi connectivity index (χ3n) is 6.02. The zero-order chi connectivity index (χ0) is 26.7. The molecule has 0 saturated carbocycles. The molecule has 1 amide bonds. The molecule has 39 heavy (non-hydrogen) atoms. The number of para-hydroxylation sites is 2. The van der Waals surface area contributed by atoms with Crippen LogP contribution in [0.5, 0.6) is 5.75 Å². The van der Waals surface area contributed by atoms with E-state index in [2.05, 4.69) is 30.6 Å². The van der Waals surface area contributed by atoms with Crippen molar-refractivity contribution in [2.45, 2.75) is 23.8 Å². The van der Waals surface area contributed by atoms with E-state index in [1.54, 1.807) is 48.5 Å². The molecule has 1 saturated heterocycles. The van der Waals surface area contributed by atoms with E-state index < -0.39 is 10.0 Å². The molecule has 2 heterocycles. The molecule has 5 rings (SSSR count). The highest BCUT2D eigenvalue weighted by Crippen LogP contribution is 2.33. The minimum absolute atomic E-state index is 0. The van der Waals surface area contributed by atoms with Crippen molar-refractivity contribution >= 4 is 74.0 Å². The van der Waals surface area contributed by atoms with E-state index in [0.29, 0.717) is 33.2 Å². The number of methoxy groups -OCH3 is 1. The van der Waals surface area contributed by atoms with Crippen molar-refractivity contribution in [3.63, 3.8) is 0 Å². The lowest BCUT2D eigenvalue weighted by Gasteiger charge is -2.16. The topological polar surface area (TPSA) is 134 Å². The van der Waals surface area contributed by atoms with Gasteiger partial charge in [-0.05, 0) is 61.9 Å². The third kappa shape index (κ3) is 6.51. The van der Waals surface area contributed by atoms with Crippen molar-refractivity contribution in [1.29, 1.82) is 0 Å². The molecule has 1 aromatic heterocycles. The maximum Gasteiger partial charge on any atom is 0.263 e. The number of carbonyl (C=O) groups is 1. The Bertz CT molecular complexity index is 1610. The molecule has 1 aliphatic rings. The Balaban J connectivity index is 0.00000353. The standard InChI is InChI=1S/C26H25ClN6O4S.ClH/c1-37-17-11-12-19(27)23(15-17)32-24-25(31-21-9-3-2-8-20(21)30-24)33-38(35,36)18-7-4-6-16(14-18)29-26(34)22-10-5-13-28-22;/h2-4,6-9,11-12,14-15,22,28H,5,10,13H2,1H3,(H,29,34)(H,30,32)(H,31,33);1H/t22-;/m1./s1. The summed E-state index contributed by atoms with van der Waals surface area (Å²) in [6, 6.07) is 17.9. The second-order valence-electron chi connectivity index (χ2n) is 8.65. The number of benzene rings is 3. The average molecular weight is 590 g/mol. The van der Waals surface area contributed by atoms with Gasteiger partial charge in [0.2, 0.25) is 5.91 Å². The number of ether oxygens (including phenoxy) is 1. The van der Waals surface area contributed by atoms with Crippen molar-refractivity contribution in [3.05, 3.63) is 71.8 Å². The largest absolute Gasteiger partial charge is 0.497 e. The number of fused-ring (bicyclic) bond motifs is 1. The molecule has 1 atom stereocenters. The molecule has 3 aromatic carbocycles. The van der Waals surface area contributed by atoms with Crippen LogP contribution in [0.25, 0.3) is 11.0 Å². The smallest absolute Gasteiger partial charge is 0.263 e. The van der Waals surface area contributed by atoms with Crippen molar-refractivity contribution in [2.24, 2.45) is 0 Å². The molecule has 4 aromatic rings. The summed E-state index contributed by atoms with van der Waals surface area (Å²) < 4.78 is 34.7. The number of carbonyl (C=O) groups excluding carboxylic acids is 1. The van der Waals surface area contributed by atoms with E-state index >= 15 is 0 Å². The van der Waals surface area contributed by atoms with Crippen molar-refractivity contribution in [3.8, 4) is 5.75 Å². The Labute approximate surface area is 237 Å². The first-order valence-corrected chi connectivity index (χ1v) is 13.7. The van der Waals surface area contributed by atoms with Crippen LogP contribution in [0.3, 0.4) is 0 Å². The Kier molecular flexibility index (Phi) is 8.76. The van der Waals surface area contributed by atoms with Crippen LogP contribution < -0.4 is 25.4 Å². The first-order chi connectivity index (χ1) is 18.3. The number of halogens is 2. The van der Waals surface area contributed by atoms with E-state index in [1.165, 1.54) is 19.2 Å². The number of rotatable bonds is 8. The van der Waals surface area contributed by atoms with E-state index in [9.17, 15) is 13.2 Å². The van der Waals surface area contributed by atoms with E-state index in [0.717, 1.165) is 19.4 Å². The second-order valence-corrected chi connectivity index (χ2v) is 10.7. The summed E-state index contributed by atoms with van der Waals surface area (Å²) in [6.45, 7) is 0.778. The van der Waals surface area contributed by atoms with Gasteiger partial charge in [-0.2, -0.15) is 0 Å². The summed E-state index contributed by atoms with van der Waals surface area (Å²) in [7, 11) is -2.58. The van der Waals surface area contributed by atoms with Gasteiger partial charge in [-0.1, -0.05) is 29.8 Å². The summed E-state index contributed by atoms with van der Waals surface area (Å²) in [5, 5.41) is 9.37. The van der Waals surface area contributed by atoms with E-state index in [1.807, 2.05) is 6.07 Å². The van der Waals surface area contributed by atoms with Gasteiger partial charge in [-0.25, -0.2) is 18.4 Å². The second kappa shape index (κ2) is 12.0. The number of hydrogen-bond acceptors (Lipinski definition) is 8. The monoisotopic (exact) mass is 588 g/mol. The van der Waals surface area contributed by atoms with Gasteiger partial charge in [0.1, 0.15) is 5.75 Å². The SMILES string of the molecule is COc1ccc(Cl)c(Nc2nc3ccccc3nc2NS(=O)(=O)c2cccc(NC(=O)[C@H]3CCCN3)c2)c1.Cl. The normalized spacial score (nSPS) is 14.9. The maximum atomic E-state index is 13.4. The number of aromatic nitrogens is 2. The molecule has 0 spiro atoms. The number of nitrogens with zero attached hydrogens (tertiary/aromatic N) is 2. The van der Waals surface area contributed by atoms with Gasteiger partial charge < -0.3 is 20.7 Å². The van der Waals surface area contributed by atoms with Gasteiger partial charge >= 0.3 is 0 Å². The number of amides is 1. The van der Waals surface area contributed by atoms with Crippen molar-refractivity contribution in [2.75, 3.05) is 29.0 Å². The fourth-order valence-electron chi connectivity index (χ4n) is 4.08. The Morgan fingerprint density at radius 3 is 2.46 bits per heavy atom. The molecule has 13 heteroatoms. The maximum absolute atomic E-state index is 13.4. The number of anilines is 4. The highest BCUT2D eigenvalue weighted by atomic mass is 35.5. The minimum Gasteiger partial charge on any atom is -0.497 e. The van der Waals surface area contributed by atoms with Gasteiger partial charge in [-0.3, -0.25) is 9.52 Å². The highest BCUT2D eigenvalue weighted by molar-refractivity contribution is 7.92. The summed E-state index contributed by atoms with van der Waals surface area (Å²) in [5.74, 6) is 0.484. The predicted molar refractivity (Wildman–Crippen MR) is 155 cm³/mol. The zero-order valence-electron chi connectivity index (χ0n) is 20.8. The summed E-state index contributed by atoms with van der Waals surface area (Å²) in [6.07, 6.45) is 1.65. The molecule has 10 nitrogen and oxygen atoms in total. The summed E-state index contributed by atoms with van der Waals surface area (Å²) in [4.78, 5) is 21.5.